The van der Waals surface area contributed by atoms with Crippen molar-refractivity contribution in [3.8, 4) is 17.6 Å². The Hall–Kier alpha value is -3.12. The number of fused-ring (bicyclic) bond motifs is 2. The van der Waals surface area contributed by atoms with Crippen LogP contribution in [0.25, 0.3) is 0 Å². The van der Waals surface area contributed by atoms with E-state index in [1.165, 1.54) is 0 Å². The molecule has 2 aliphatic heterocycles. The van der Waals surface area contributed by atoms with Crippen molar-refractivity contribution in [3.05, 3.63) is 59.7 Å². The van der Waals surface area contributed by atoms with Crippen LogP contribution in [-0.4, -0.2) is 79.4 Å². The molecule has 35 heavy (non-hydrogen) atoms. The van der Waals surface area contributed by atoms with Gasteiger partial charge in [0, 0.05) is 32.7 Å². The molecule has 1 amide bonds. The van der Waals surface area contributed by atoms with E-state index in [0.717, 1.165) is 30.8 Å². The summed E-state index contributed by atoms with van der Waals surface area (Å²) >= 11 is 0. The quantitative estimate of drug-likeness (QED) is 0.564. The van der Waals surface area contributed by atoms with E-state index in [1.807, 2.05) is 29.2 Å². The van der Waals surface area contributed by atoms with Gasteiger partial charge in [-0.15, -0.1) is 0 Å². The number of aliphatic hydroxyl groups excluding tert-OH is 1. The first-order valence-electron chi connectivity index (χ1n) is 12.1. The number of hydrogen-bond donors (Lipinski definition) is 2. The number of piperidine rings is 2. The van der Waals surface area contributed by atoms with E-state index in [1.54, 1.807) is 31.4 Å². The highest BCUT2D eigenvalue weighted by Crippen LogP contribution is 2.29. The number of rotatable bonds is 9. The number of aliphatic hydroxyl groups is 1. The number of nitrogens with zero attached hydrogens (tertiary/aromatic N) is 3. The summed E-state index contributed by atoms with van der Waals surface area (Å²) in [5, 5.41) is 19.4. The summed E-state index contributed by atoms with van der Waals surface area (Å²) < 4.78 is 10.9. The molecule has 4 atom stereocenters. The molecule has 0 radical (unpaired) electrons. The minimum atomic E-state index is -0.611. The van der Waals surface area contributed by atoms with Crippen LogP contribution in [0, 0.1) is 23.2 Å². The zero-order valence-corrected chi connectivity index (χ0v) is 20.2. The van der Waals surface area contributed by atoms with Crippen LogP contribution in [0.15, 0.2) is 48.5 Å². The van der Waals surface area contributed by atoms with E-state index in [4.69, 9.17) is 20.5 Å². The second kappa shape index (κ2) is 11.5. The maximum atomic E-state index is 13.1. The highest BCUT2D eigenvalue weighted by Gasteiger charge is 2.37. The zero-order valence-electron chi connectivity index (χ0n) is 20.2. The number of hydrogen-bond acceptors (Lipinski definition) is 7. The fourth-order valence-electron chi connectivity index (χ4n) is 5.22. The van der Waals surface area contributed by atoms with Gasteiger partial charge < -0.3 is 25.2 Å². The third-order valence-corrected chi connectivity index (χ3v) is 6.79. The molecule has 2 aliphatic rings. The van der Waals surface area contributed by atoms with Gasteiger partial charge in [0.15, 0.2) is 0 Å². The molecule has 0 aromatic heterocycles. The van der Waals surface area contributed by atoms with E-state index < -0.39 is 12.1 Å². The summed E-state index contributed by atoms with van der Waals surface area (Å²) in [4.78, 5) is 17.3. The molecule has 2 aromatic rings. The van der Waals surface area contributed by atoms with E-state index in [-0.39, 0.29) is 12.5 Å². The van der Waals surface area contributed by atoms with Gasteiger partial charge in [-0.05, 0) is 66.6 Å². The molecule has 2 heterocycles. The van der Waals surface area contributed by atoms with Crippen LogP contribution in [0.2, 0.25) is 0 Å². The Morgan fingerprint density at radius 3 is 2.31 bits per heavy atom. The van der Waals surface area contributed by atoms with Gasteiger partial charge >= 0.3 is 0 Å². The normalized spacial score (nSPS) is 21.6. The van der Waals surface area contributed by atoms with Crippen LogP contribution >= 0.6 is 0 Å². The molecule has 8 heteroatoms. The number of likely N-dealkylation sites (tertiary alicyclic amines) is 2. The van der Waals surface area contributed by atoms with Gasteiger partial charge in [0.2, 0.25) is 5.91 Å². The number of carbonyl (C=O) groups excluding carboxylic acids is 1. The standard InChI is InChI=1S/C27H34N4O4/c1-34-24-6-2-19(3-7-24)11-26(29)27(33)31-15-21-10-22(16-31)14-30(13-21)17-23(32)18-35-25-8-4-20(12-28)5-9-25/h2-9,21-23,26,32H,10-11,13-18,29H2,1H3/t21?,22?,23-,26-/m0/s1. The Morgan fingerprint density at radius 2 is 1.71 bits per heavy atom. The van der Waals surface area contributed by atoms with Crippen LogP contribution in [0.4, 0.5) is 0 Å². The smallest absolute Gasteiger partial charge is 0.239 e. The Bertz CT molecular complexity index is 1010. The van der Waals surface area contributed by atoms with Crippen molar-refractivity contribution in [3.63, 3.8) is 0 Å². The molecule has 3 N–H and O–H groups in total. The summed E-state index contributed by atoms with van der Waals surface area (Å²) in [6.07, 6.45) is 0.998. The Labute approximate surface area is 206 Å². The van der Waals surface area contributed by atoms with Crippen molar-refractivity contribution < 1.29 is 19.4 Å². The average Bonchev–Trinajstić information content (AvgIpc) is 2.87. The summed E-state index contributed by atoms with van der Waals surface area (Å²) in [5.41, 5.74) is 7.89. The zero-order chi connectivity index (χ0) is 24.8. The fraction of sp³-hybridized carbons (Fsp3) is 0.481. The molecule has 2 fully saturated rings. The van der Waals surface area contributed by atoms with Gasteiger partial charge in [0.25, 0.3) is 0 Å². The molecule has 8 nitrogen and oxygen atoms in total. The monoisotopic (exact) mass is 478 g/mol. The summed E-state index contributed by atoms with van der Waals surface area (Å²) in [7, 11) is 1.63. The molecule has 186 valence electrons. The number of nitriles is 1. The molecule has 0 aliphatic carbocycles. The topological polar surface area (TPSA) is 112 Å². The average molecular weight is 479 g/mol. The molecule has 2 aromatic carbocycles. The Balaban J connectivity index is 1.23. The number of β-amino-alcohol motifs (C(OH)–C–C–N with tert-alkyl or cyclic N) is 1. The molecule has 2 bridgehead atoms. The Kier molecular flexibility index (Phi) is 8.24. The third-order valence-electron chi connectivity index (χ3n) is 6.79. The number of ether oxygens (including phenoxy) is 2. The molecule has 0 spiro atoms. The number of carbonyl (C=O) groups is 1. The highest BCUT2D eigenvalue weighted by molar-refractivity contribution is 5.82. The number of amides is 1. The van der Waals surface area contributed by atoms with E-state index in [9.17, 15) is 9.90 Å². The summed E-state index contributed by atoms with van der Waals surface area (Å²) in [6.45, 7) is 3.85. The second-order valence-corrected chi connectivity index (χ2v) is 9.69. The van der Waals surface area contributed by atoms with Crippen molar-refractivity contribution in [1.82, 2.24) is 9.80 Å². The van der Waals surface area contributed by atoms with Crippen LogP contribution in [-0.2, 0) is 11.2 Å². The van der Waals surface area contributed by atoms with Gasteiger partial charge in [0.1, 0.15) is 24.2 Å². The molecule has 4 rings (SSSR count). The lowest BCUT2D eigenvalue weighted by Gasteiger charge is -2.46. The van der Waals surface area contributed by atoms with Gasteiger partial charge in [-0.25, -0.2) is 0 Å². The predicted octanol–water partition coefficient (Wildman–Crippen LogP) is 1.66. The number of methoxy groups -OCH3 is 1. The lowest BCUT2D eigenvalue weighted by atomic mass is 9.84. The van der Waals surface area contributed by atoms with E-state index >= 15 is 0 Å². The van der Waals surface area contributed by atoms with Gasteiger partial charge in [-0.2, -0.15) is 5.26 Å². The van der Waals surface area contributed by atoms with Crippen molar-refractivity contribution in [2.75, 3.05) is 46.4 Å². The van der Waals surface area contributed by atoms with Gasteiger partial charge in [-0.1, -0.05) is 12.1 Å². The largest absolute Gasteiger partial charge is 0.497 e. The molecular weight excluding hydrogens is 444 g/mol. The van der Waals surface area contributed by atoms with Crippen LogP contribution < -0.4 is 15.2 Å². The fourth-order valence-corrected chi connectivity index (χ4v) is 5.22. The third kappa shape index (κ3) is 6.73. The van der Waals surface area contributed by atoms with Crippen molar-refractivity contribution in [2.24, 2.45) is 17.6 Å². The van der Waals surface area contributed by atoms with Crippen LogP contribution in [0.3, 0.4) is 0 Å². The van der Waals surface area contributed by atoms with Crippen molar-refractivity contribution in [1.29, 1.82) is 5.26 Å². The second-order valence-electron chi connectivity index (χ2n) is 9.69. The number of nitrogens with two attached hydrogens (primary N) is 1. The molecule has 2 unspecified atom stereocenters. The maximum absolute atomic E-state index is 13.1. The highest BCUT2D eigenvalue weighted by atomic mass is 16.5. The minimum absolute atomic E-state index is 0.0137. The van der Waals surface area contributed by atoms with Crippen molar-refractivity contribution in [2.45, 2.75) is 25.0 Å². The number of benzene rings is 2. The first-order chi connectivity index (χ1) is 16.9. The van der Waals surface area contributed by atoms with E-state index in [0.29, 0.717) is 49.2 Å². The lowest BCUT2D eigenvalue weighted by Crippen LogP contribution is -2.57. The molecule has 0 saturated carbocycles. The first kappa shape index (κ1) is 25.0. The molecular formula is C27H34N4O4. The molecule has 2 saturated heterocycles. The van der Waals surface area contributed by atoms with Crippen LogP contribution in [0.5, 0.6) is 11.5 Å². The summed E-state index contributed by atoms with van der Waals surface area (Å²) in [6, 6.07) is 16.1. The summed E-state index contributed by atoms with van der Waals surface area (Å²) in [5.74, 6) is 2.20. The SMILES string of the molecule is COc1ccc(C[C@H](N)C(=O)N2CC3CC(CN(C[C@H](O)COc4ccc(C#N)cc4)C3)C2)cc1. The van der Waals surface area contributed by atoms with Crippen LogP contribution in [0.1, 0.15) is 17.5 Å². The lowest BCUT2D eigenvalue weighted by molar-refractivity contribution is -0.137. The first-order valence-corrected chi connectivity index (χ1v) is 12.1. The van der Waals surface area contributed by atoms with Gasteiger partial charge in [-0.3, -0.25) is 9.69 Å². The predicted molar refractivity (Wildman–Crippen MR) is 132 cm³/mol. The van der Waals surface area contributed by atoms with E-state index in [2.05, 4.69) is 11.0 Å². The minimum Gasteiger partial charge on any atom is -0.497 e. The maximum Gasteiger partial charge on any atom is 0.239 e. The van der Waals surface area contributed by atoms with Gasteiger partial charge in [0.05, 0.1) is 24.8 Å². The Morgan fingerprint density at radius 1 is 1.09 bits per heavy atom. The van der Waals surface area contributed by atoms with Crippen molar-refractivity contribution >= 4 is 5.91 Å².